The van der Waals surface area contributed by atoms with E-state index in [-0.39, 0.29) is 5.75 Å². The van der Waals surface area contributed by atoms with E-state index in [1.807, 2.05) is 0 Å². The van der Waals surface area contributed by atoms with Gasteiger partial charge in [-0.2, -0.15) is 0 Å². The van der Waals surface area contributed by atoms with Crippen LogP contribution in [0.5, 0.6) is 0 Å². The number of benzene rings is 1. The van der Waals surface area contributed by atoms with Crippen LogP contribution < -0.4 is 11.1 Å². The second-order valence-electron chi connectivity index (χ2n) is 2.67. The van der Waals surface area contributed by atoms with Crippen molar-refractivity contribution in [2.45, 2.75) is 0 Å². The second kappa shape index (κ2) is 5.35. The normalized spacial score (nSPS) is 9.67. The second-order valence-corrected chi connectivity index (χ2v) is 3.65. The van der Waals surface area contributed by atoms with E-state index in [4.69, 9.17) is 5.73 Å². The van der Waals surface area contributed by atoms with Gasteiger partial charge in [0, 0.05) is 5.69 Å². The third-order valence-electron chi connectivity index (χ3n) is 1.45. The molecule has 0 saturated carbocycles. The lowest BCUT2D eigenvalue weighted by atomic mass is 10.3. The zero-order valence-electron chi connectivity index (χ0n) is 7.70. The van der Waals surface area contributed by atoms with E-state index in [1.54, 1.807) is 6.07 Å². The molecule has 0 unspecified atom stereocenters. The van der Waals surface area contributed by atoms with Gasteiger partial charge in [-0.05, 0) is 18.2 Å². The molecule has 0 aliphatic rings. The van der Waals surface area contributed by atoms with Gasteiger partial charge in [-0.1, -0.05) is 17.8 Å². The SMILES string of the molecule is NC(=O)SCC(=O)Nc1cccc(F)c1. The Morgan fingerprint density at radius 3 is 2.80 bits per heavy atom. The van der Waals surface area contributed by atoms with E-state index in [0.717, 1.165) is 0 Å². The molecule has 0 aliphatic carbocycles. The number of primary amides is 1. The summed E-state index contributed by atoms with van der Waals surface area (Å²) >= 11 is 0.696. The lowest BCUT2D eigenvalue weighted by molar-refractivity contribution is -0.113. The van der Waals surface area contributed by atoms with E-state index in [9.17, 15) is 14.0 Å². The fourth-order valence-electron chi connectivity index (χ4n) is 0.900. The molecule has 0 bridgehead atoms. The molecule has 0 aliphatic heterocycles. The highest BCUT2D eigenvalue weighted by Gasteiger charge is 2.05. The van der Waals surface area contributed by atoms with Crippen LogP contribution in [-0.4, -0.2) is 16.9 Å². The Kier molecular flexibility index (Phi) is 4.11. The van der Waals surface area contributed by atoms with Gasteiger partial charge >= 0.3 is 0 Å². The van der Waals surface area contributed by atoms with Crippen LogP contribution in [0.3, 0.4) is 0 Å². The lowest BCUT2D eigenvalue weighted by Crippen LogP contribution is -2.16. The molecular formula is C9H9FN2O2S. The Bertz CT molecular complexity index is 384. The standard InChI is InChI=1S/C9H9FN2O2S/c10-6-2-1-3-7(4-6)12-8(13)5-15-9(11)14/h1-4H,5H2,(H2,11,14)(H,12,13). The highest BCUT2D eigenvalue weighted by atomic mass is 32.2. The monoisotopic (exact) mass is 228 g/mol. The van der Waals surface area contributed by atoms with Crippen LogP contribution in [0.4, 0.5) is 14.9 Å². The Labute approximate surface area is 90.0 Å². The molecule has 3 N–H and O–H groups in total. The van der Waals surface area contributed by atoms with Crippen molar-refractivity contribution in [3.63, 3.8) is 0 Å². The number of rotatable bonds is 3. The molecule has 1 aromatic carbocycles. The Morgan fingerprint density at radius 2 is 2.20 bits per heavy atom. The number of nitrogens with one attached hydrogen (secondary N) is 1. The van der Waals surface area contributed by atoms with Gasteiger partial charge in [0.05, 0.1) is 5.75 Å². The maximum Gasteiger partial charge on any atom is 0.276 e. The van der Waals surface area contributed by atoms with Crippen molar-refractivity contribution in [3.8, 4) is 0 Å². The first-order chi connectivity index (χ1) is 7.08. The molecule has 0 aromatic heterocycles. The van der Waals surface area contributed by atoms with Crippen molar-refractivity contribution < 1.29 is 14.0 Å². The molecule has 0 atom stereocenters. The highest BCUT2D eigenvalue weighted by Crippen LogP contribution is 2.09. The van der Waals surface area contributed by atoms with E-state index in [2.05, 4.69) is 5.32 Å². The Hall–Kier alpha value is -1.56. The predicted molar refractivity (Wildman–Crippen MR) is 57.1 cm³/mol. The van der Waals surface area contributed by atoms with Crippen LogP contribution in [0.1, 0.15) is 0 Å². The van der Waals surface area contributed by atoms with Crippen LogP contribution >= 0.6 is 11.8 Å². The lowest BCUT2D eigenvalue weighted by Gasteiger charge is -2.03. The van der Waals surface area contributed by atoms with E-state index in [1.165, 1.54) is 18.2 Å². The molecule has 0 spiro atoms. The summed E-state index contributed by atoms with van der Waals surface area (Å²) in [5, 5.41) is 1.81. The number of hydrogen-bond donors (Lipinski definition) is 2. The van der Waals surface area contributed by atoms with Crippen molar-refractivity contribution in [2.75, 3.05) is 11.1 Å². The van der Waals surface area contributed by atoms with Gasteiger partial charge in [0.25, 0.3) is 5.24 Å². The highest BCUT2D eigenvalue weighted by molar-refractivity contribution is 8.14. The summed E-state index contributed by atoms with van der Waals surface area (Å²) in [6.45, 7) is 0. The van der Waals surface area contributed by atoms with Gasteiger partial charge in [0.2, 0.25) is 5.91 Å². The first-order valence-corrected chi connectivity index (χ1v) is 5.04. The number of anilines is 1. The predicted octanol–water partition coefficient (Wildman–Crippen LogP) is 1.58. The summed E-state index contributed by atoms with van der Waals surface area (Å²) < 4.78 is 12.7. The van der Waals surface area contributed by atoms with E-state index < -0.39 is 17.0 Å². The number of hydrogen-bond acceptors (Lipinski definition) is 3. The van der Waals surface area contributed by atoms with Crippen molar-refractivity contribution in [2.24, 2.45) is 5.73 Å². The molecule has 1 aromatic rings. The summed E-state index contributed by atoms with van der Waals surface area (Å²) in [6, 6.07) is 5.49. The van der Waals surface area contributed by atoms with Crippen LogP contribution in [-0.2, 0) is 4.79 Å². The zero-order valence-corrected chi connectivity index (χ0v) is 8.51. The summed E-state index contributed by atoms with van der Waals surface area (Å²) in [4.78, 5) is 21.5. The molecular weight excluding hydrogens is 219 g/mol. The van der Waals surface area contributed by atoms with Crippen molar-refractivity contribution in [1.82, 2.24) is 0 Å². The summed E-state index contributed by atoms with van der Waals surface area (Å²) in [7, 11) is 0. The van der Waals surface area contributed by atoms with Gasteiger partial charge < -0.3 is 11.1 Å². The van der Waals surface area contributed by atoms with Crippen LogP contribution in [0.25, 0.3) is 0 Å². The molecule has 0 fully saturated rings. The van der Waals surface area contributed by atoms with E-state index in [0.29, 0.717) is 17.4 Å². The smallest absolute Gasteiger partial charge is 0.276 e. The van der Waals surface area contributed by atoms with Crippen LogP contribution in [0.2, 0.25) is 0 Å². The molecule has 4 nitrogen and oxygen atoms in total. The molecule has 2 amide bonds. The number of carbonyl (C=O) groups is 2. The fraction of sp³-hybridized carbons (Fsp3) is 0.111. The summed E-state index contributed by atoms with van der Waals surface area (Å²) in [5.41, 5.74) is 5.19. The molecule has 0 saturated heterocycles. The number of thioether (sulfide) groups is 1. The maximum atomic E-state index is 12.7. The summed E-state index contributed by atoms with van der Waals surface area (Å²) in [6.07, 6.45) is 0. The van der Waals surface area contributed by atoms with Crippen molar-refractivity contribution in [1.29, 1.82) is 0 Å². The molecule has 0 radical (unpaired) electrons. The fourth-order valence-corrected chi connectivity index (χ4v) is 1.25. The Morgan fingerprint density at radius 1 is 1.47 bits per heavy atom. The third-order valence-corrected chi connectivity index (χ3v) is 2.14. The number of amides is 2. The molecule has 80 valence electrons. The summed E-state index contributed by atoms with van der Waals surface area (Å²) in [5.74, 6) is -0.911. The Balaban J connectivity index is 2.48. The average Bonchev–Trinajstić information content (AvgIpc) is 2.15. The van der Waals surface area contributed by atoms with Gasteiger partial charge in [0.1, 0.15) is 5.82 Å². The molecule has 6 heteroatoms. The molecule has 1 rings (SSSR count). The first kappa shape index (κ1) is 11.5. The minimum atomic E-state index is -0.621. The minimum Gasteiger partial charge on any atom is -0.361 e. The average molecular weight is 228 g/mol. The van der Waals surface area contributed by atoms with Gasteiger partial charge in [0.15, 0.2) is 0 Å². The van der Waals surface area contributed by atoms with Gasteiger partial charge in [-0.3, -0.25) is 9.59 Å². The molecule has 0 heterocycles. The van der Waals surface area contributed by atoms with Gasteiger partial charge in [-0.15, -0.1) is 0 Å². The number of carbonyl (C=O) groups excluding carboxylic acids is 2. The van der Waals surface area contributed by atoms with Crippen molar-refractivity contribution >= 4 is 28.6 Å². The zero-order chi connectivity index (χ0) is 11.3. The first-order valence-electron chi connectivity index (χ1n) is 4.05. The number of nitrogens with two attached hydrogens (primary N) is 1. The minimum absolute atomic E-state index is 0.0775. The maximum absolute atomic E-state index is 12.7. The van der Waals surface area contributed by atoms with Crippen LogP contribution in [0.15, 0.2) is 24.3 Å². The quantitative estimate of drug-likeness (QED) is 0.824. The van der Waals surface area contributed by atoms with E-state index >= 15 is 0 Å². The topological polar surface area (TPSA) is 72.2 Å². The third kappa shape index (κ3) is 4.46. The van der Waals surface area contributed by atoms with Crippen LogP contribution in [0, 0.1) is 5.82 Å². The van der Waals surface area contributed by atoms with Crippen molar-refractivity contribution in [3.05, 3.63) is 30.1 Å². The largest absolute Gasteiger partial charge is 0.361 e. The molecule has 15 heavy (non-hydrogen) atoms. The number of halogens is 1. The van der Waals surface area contributed by atoms with Gasteiger partial charge in [-0.25, -0.2) is 4.39 Å².